The Labute approximate surface area is 109 Å². The second kappa shape index (κ2) is 6.63. The molecular formula is C13H24N2OS. The molecule has 0 saturated heterocycles. The summed E-state index contributed by atoms with van der Waals surface area (Å²) in [5, 5.41) is 23.0. The third kappa shape index (κ3) is 4.17. The minimum atomic E-state index is -0.313. The van der Waals surface area contributed by atoms with Crippen molar-refractivity contribution in [2.24, 2.45) is 0 Å². The van der Waals surface area contributed by atoms with E-state index in [1.807, 2.05) is 18.7 Å². The lowest BCUT2D eigenvalue weighted by Crippen LogP contribution is -2.42. The first-order chi connectivity index (χ1) is 8.03. The van der Waals surface area contributed by atoms with Crippen LogP contribution in [-0.4, -0.2) is 33.8 Å². The van der Waals surface area contributed by atoms with Crippen molar-refractivity contribution in [1.82, 2.24) is 5.32 Å². The molecule has 0 bridgehead atoms. The van der Waals surface area contributed by atoms with Crippen molar-refractivity contribution in [3.8, 4) is 6.07 Å². The van der Waals surface area contributed by atoms with Crippen molar-refractivity contribution in [1.29, 1.82) is 5.26 Å². The minimum Gasteiger partial charge on any atom is -0.392 e. The van der Waals surface area contributed by atoms with E-state index in [0.717, 1.165) is 32.2 Å². The molecule has 1 saturated carbocycles. The van der Waals surface area contributed by atoms with Crippen LogP contribution >= 0.6 is 11.8 Å². The molecule has 0 aromatic carbocycles. The Kier molecular flexibility index (Phi) is 5.78. The molecule has 0 radical (unpaired) electrons. The lowest BCUT2D eigenvalue weighted by molar-refractivity contribution is 0.196. The first kappa shape index (κ1) is 14.8. The number of aliphatic hydroxyl groups excluding tert-OH is 1. The van der Waals surface area contributed by atoms with Gasteiger partial charge in [0.2, 0.25) is 0 Å². The van der Waals surface area contributed by atoms with Gasteiger partial charge in [0.15, 0.2) is 0 Å². The van der Waals surface area contributed by atoms with E-state index in [1.165, 1.54) is 0 Å². The summed E-state index contributed by atoms with van der Waals surface area (Å²) < 4.78 is 0. The predicted octanol–water partition coefficient (Wildman–Crippen LogP) is 2.30. The van der Waals surface area contributed by atoms with Crippen LogP contribution in [0.15, 0.2) is 0 Å². The van der Waals surface area contributed by atoms with Crippen molar-refractivity contribution >= 4 is 11.8 Å². The quantitative estimate of drug-likeness (QED) is 0.765. The van der Waals surface area contributed by atoms with E-state index in [4.69, 9.17) is 0 Å². The number of hydrogen-bond acceptors (Lipinski definition) is 4. The van der Waals surface area contributed by atoms with Crippen LogP contribution < -0.4 is 5.32 Å². The maximum absolute atomic E-state index is 9.51. The number of thioether (sulfide) groups is 1. The Hall–Kier alpha value is -0.240. The highest BCUT2D eigenvalue weighted by Gasteiger charge is 2.39. The van der Waals surface area contributed by atoms with Crippen LogP contribution in [-0.2, 0) is 0 Å². The Morgan fingerprint density at radius 2 is 2.29 bits per heavy atom. The highest BCUT2D eigenvalue weighted by Crippen LogP contribution is 2.39. The number of rotatable bonds is 6. The van der Waals surface area contributed by atoms with Gasteiger partial charge in [-0.15, -0.1) is 0 Å². The summed E-state index contributed by atoms with van der Waals surface area (Å²) in [6.45, 7) is 6.92. The zero-order chi connectivity index (χ0) is 12.9. The van der Waals surface area contributed by atoms with E-state index in [2.05, 4.69) is 25.2 Å². The van der Waals surface area contributed by atoms with Gasteiger partial charge in [-0.1, -0.05) is 13.8 Å². The molecule has 1 aliphatic rings. The lowest BCUT2D eigenvalue weighted by atomic mass is 10.00. The van der Waals surface area contributed by atoms with E-state index in [9.17, 15) is 10.4 Å². The molecule has 3 nitrogen and oxygen atoms in total. The number of hydrogen-bond donors (Lipinski definition) is 2. The van der Waals surface area contributed by atoms with Crippen LogP contribution in [0.25, 0.3) is 0 Å². The zero-order valence-corrected chi connectivity index (χ0v) is 11.9. The Morgan fingerprint density at radius 3 is 2.82 bits per heavy atom. The molecule has 0 aromatic rings. The largest absolute Gasteiger partial charge is 0.392 e. The van der Waals surface area contributed by atoms with Gasteiger partial charge < -0.3 is 5.11 Å². The first-order valence-corrected chi connectivity index (χ1v) is 7.47. The molecular weight excluding hydrogens is 232 g/mol. The van der Waals surface area contributed by atoms with E-state index in [-0.39, 0.29) is 16.9 Å². The van der Waals surface area contributed by atoms with Gasteiger partial charge in [0.25, 0.3) is 0 Å². The summed E-state index contributed by atoms with van der Waals surface area (Å²) in [5.41, 5.74) is -0.313. The van der Waals surface area contributed by atoms with E-state index >= 15 is 0 Å². The van der Waals surface area contributed by atoms with Gasteiger partial charge in [-0.2, -0.15) is 17.0 Å². The summed E-state index contributed by atoms with van der Waals surface area (Å²) in [5.74, 6) is 0. The molecule has 1 rings (SSSR count). The molecule has 1 aliphatic carbocycles. The van der Waals surface area contributed by atoms with Crippen molar-refractivity contribution in [3.05, 3.63) is 0 Å². The maximum Gasteiger partial charge on any atom is 0.107 e. The zero-order valence-electron chi connectivity index (χ0n) is 11.1. The van der Waals surface area contributed by atoms with Crippen LogP contribution in [0.5, 0.6) is 0 Å². The van der Waals surface area contributed by atoms with Crippen LogP contribution in [0.3, 0.4) is 0 Å². The molecule has 2 N–H and O–H groups in total. The molecule has 0 spiro atoms. The van der Waals surface area contributed by atoms with Crippen LogP contribution in [0.4, 0.5) is 0 Å². The second-order valence-corrected chi connectivity index (χ2v) is 6.75. The predicted molar refractivity (Wildman–Crippen MR) is 73.0 cm³/mol. The molecule has 1 fully saturated rings. The van der Waals surface area contributed by atoms with Gasteiger partial charge in [-0.05, 0) is 39.2 Å². The van der Waals surface area contributed by atoms with Gasteiger partial charge in [-0.25, -0.2) is 0 Å². The third-order valence-corrected chi connectivity index (χ3v) is 5.09. The van der Waals surface area contributed by atoms with E-state index in [1.54, 1.807) is 0 Å². The summed E-state index contributed by atoms with van der Waals surface area (Å²) in [4.78, 5) is 0. The fourth-order valence-electron chi connectivity index (χ4n) is 2.20. The van der Waals surface area contributed by atoms with Crippen molar-refractivity contribution in [3.63, 3.8) is 0 Å². The number of aliphatic hydroxyl groups is 1. The van der Waals surface area contributed by atoms with Crippen LogP contribution in [0, 0.1) is 11.3 Å². The molecule has 0 aromatic heterocycles. The standard InChI is InChI=1S/C13H24N2OS/c1-4-7-15-13(9-14)6-5-12(8-13)17-11(3)10(2)16/h10-12,15-16H,4-8H2,1-3H3. The van der Waals surface area contributed by atoms with Gasteiger partial charge >= 0.3 is 0 Å². The fraction of sp³-hybridized carbons (Fsp3) is 0.923. The monoisotopic (exact) mass is 256 g/mol. The average Bonchev–Trinajstić information content (AvgIpc) is 2.70. The smallest absolute Gasteiger partial charge is 0.107 e. The maximum atomic E-state index is 9.51. The Balaban J connectivity index is 2.47. The highest BCUT2D eigenvalue weighted by molar-refractivity contribution is 8.00. The second-order valence-electron chi connectivity index (χ2n) is 5.07. The van der Waals surface area contributed by atoms with Gasteiger partial charge in [0, 0.05) is 10.5 Å². The van der Waals surface area contributed by atoms with Crippen molar-refractivity contribution in [2.75, 3.05) is 6.54 Å². The number of nitriles is 1. The van der Waals surface area contributed by atoms with Crippen LogP contribution in [0.2, 0.25) is 0 Å². The number of nitrogens with one attached hydrogen (secondary N) is 1. The summed E-state index contributed by atoms with van der Waals surface area (Å²) in [6.07, 6.45) is 3.71. The minimum absolute atomic E-state index is 0.251. The van der Waals surface area contributed by atoms with Gasteiger partial charge in [-0.3, -0.25) is 5.32 Å². The SMILES string of the molecule is CCCNC1(C#N)CCC(SC(C)C(C)O)C1. The molecule has 17 heavy (non-hydrogen) atoms. The summed E-state index contributed by atoms with van der Waals surface area (Å²) in [6, 6.07) is 2.46. The molecule has 0 heterocycles. The average molecular weight is 256 g/mol. The Morgan fingerprint density at radius 1 is 1.59 bits per heavy atom. The molecule has 4 heteroatoms. The Bertz CT molecular complexity index is 277. The molecule has 98 valence electrons. The topological polar surface area (TPSA) is 56.0 Å². The third-order valence-electron chi connectivity index (χ3n) is 3.48. The first-order valence-electron chi connectivity index (χ1n) is 6.53. The fourth-order valence-corrected chi connectivity index (χ4v) is 3.67. The highest BCUT2D eigenvalue weighted by atomic mass is 32.2. The van der Waals surface area contributed by atoms with E-state index < -0.39 is 0 Å². The molecule has 0 aliphatic heterocycles. The van der Waals surface area contributed by atoms with Crippen molar-refractivity contribution in [2.45, 2.75) is 68.6 Å². The number of nitrogens with zero attached hydrogens (tertiary/aromatic N) is 1. The molecule has 4 atom stereocenters. The molecule has 0 amide bonds. The lowest BCUT2D eigenvalue weighted by Gasteiger charge is -2.23. The van der Waals surface area contributed by atoms with Crippen LogP contribution in [0.1, 0.15) is 46.5 Å². The molecule has 4 unspecified atom stereocenters. The summed E-state index contributed by atoms with van der Waals surface area (Å²) >= 11 is 1.83. The summed E-state index contributed by atoms with van der Waals surface area (Å²) in [7, 11) is 0. The normalized spacial score (nSPS) is 32.1. The van der Waals surface area contributed by atoms with Gasteiger partial charge in [0.1, 0.15) is 5.54 Å². The van der Waals surface area contributed by atoms with E-state index in [0.29, 0.717) is 5.25 Å². The van der Waals surface area contributed by atoms with Crippen molar-refractivity contribution < 1.29 is 5.11 Å². The van der Waals surface area contributed by atoms with Gasteiger partial charge in [0.05, 0.1) is 12.2 Å².